The average molecular weight is 230 g/mol. The summed E-state index contributed by atoms with van der Waals surface area (Å²) >= 11 is 0. The molecule has 2 rings (SSSR count). The molecule has 0 fully saturated rings. The molecule has 0 saturated heterocycles. The molecule has 1 atom stereocenters. The maximum atomic E-state index is 9.79. The molecule has 0 bridgehead atoms. The van der Waals surface area contributed by atoms with Crippen molar-refractivity contribution in [1.82, 2.24) is 9.97 Å². The van der Waals surface area contributed by atoms with Gasteiger partial charge in [-0.1, -0.05) is 30.3 Å². The van der Waals surface area contributed by atoms with Crippen LogP contribution in [0, 0.1) is 0 Å². The minimum atomic E-state index is -0.681. The first-order chi connectivity index (χ1) is 8.36. The second-order valence-electron chi connectivity index (χ2n) is 3.69. The number of rotatable bonds is 5. The van der Waals surface area contributed by atoms with Crippen molar-refractivity contribution in [3.8, 4) is 0 Å². The molecule has 0 aliphatic carbocycles. The molecule has 4 nitrogen and oxygen atoms in total. The van der Waals surface area contributed by atoms with Crippen LogP contribution in [0.25, 0.3) is 0 Å². The van der Waals surface area contributed by atoms with Crippen molar-refractivity contribution in [3.05, 3.63) is 60.2 Å². The molecule has 4 heteroatoms. The van der Waals surface area contributed by atoms with Crippen molar-refractivity contribution < 1.29 is 9.84 Å². The zero-order valence-corrected chi connectivity index (χ0v) is 9.36. The quantitative estimate of drug-likeness (QED) is 0.849. The predicted molar refractivity (Wildman–Crippen MR) is 63.1 cm³/mol. The lowest BCUT2D eigenvalue weighted by atomic mass is 10.2. The fourth-order valence-electron chi connectivity index (χ4n) is 1.44. The molecule has 0 spiro atoms. The van der Waals surface area contributed by atoms with Crippen molar-refractivity contribution in [2.45, 2.75) is 12.7 Å². The highest BCUT2D eigenvalue weighted by Crippen LogP contribution is 2.11. The van der Waals surface area contributed by atoms with Crippen LogP contribution in [-0.2, 0) is 11.3 Å². The molecule has 1 heterocycles. The number of aliphatic hydroxyl groups excluding tert-OH is 1. The normalized spacial score (nSPS) is 12.3. The van der Waals surface area contributed by atoms with E-state index in [0.29, 0.717) is 12.2 Å². The van der Waals surface area contributed by atoms with Crippen molar-refractivity contribution >= 4 is 0 Å². The van der Waals surface area contributed by atoms with Gasteiger partial charge in [0.2, 0.25) is 0 Å². The van der Waals surface area contributed by atoms with Crippen LogP contribution in [0.4, 0.5) is 0 Å². The van der Waals surface area contributed by atoms with Crippen molar-refractivity contribution in [1.29, 1.82) is 0 Å². The van der Waals surface area contributed by atoms with E-state index in [4.69, 9.17) is 4.74 Å². The zero-order chi connectivity index (χ0) is 11.9. The van der Waals surface area contributed by atoms with E-state index in [1.807, 2.05) is 30.3 Å². The summed E-state index contributed by atoms with van der Waals surface area (Å²) in [4.78, 5) is 7.69. The van der Waals surface area contributed by atoms with Gasteiger partial charge in [0.1, 0.15) is 12.4 Å². The maximum absolute atomic E-state index is 9.79. The van der Waals surface area contributed by atoms with Gasteiger partial charge in [0.05, 0.1) is 13.2 Å². The lowest BCUT2D eigenvalue weighted by molar-refractivity contribution is 0.0274. The lowest BCUT2D eigenvalue weighted by Crippen LogP contribution is -2.07. The molecular weight excluding hydrogens is 216 g/mol. The number of hydrogen-bond acceptors (Lipinski definition) is 4. The van der Waals surface area contributed by atoms with E-state index in [1.165, 1.54) is 6.33 Å². The second kappa shape index (κ2) is 6.08. The molecule has 2 aromatic rings. The van der Waals surface area contributed by atoms with E-state index < -0.39 is 6.10 Å². The summed E-state index contributed by atoms with van der Waals surface area (Å²) in [7, 11) is 0. The van der Waals surface area contributed by atoms with E-state index in [-0.39, 0.29) is 6.61 Å². The summed E-state index contributed by atoms with van der Waals surface area (Å²) in [5.74, 6) is 0. The van der Waals surface area contributed by atoms with Crippen LogP contribution in [0.1, 0.15) is 17.2 Å². The van der Waals surface area contributed by atoms with Crippen molar-refractivity contribution in [3.63, 3.8) is 0 Å². The van der Waals surface area contributed by atoms with Crippen LogP contribution < -0.4 is 0 Å². The molecular formula is C13H14N2O2. The number of ether oxygens (including phenoxy) is 1. The fraction of sp³-hybridized carbons (Fsp3) is 0.231. The van der Waals surface area contributed by atoms with E-state index in [2.05, 4.69) is 9.97 Å². The van der Waals surface area contributed by atoms with Gasteiger partial charge in [-0.25, -0.2) is 9.97 Å². The third-order valence-corrected chi connectivity index (χ3v) is 2.35. The molecule has 0 amide bonds. The van der Waals surface area contributed by atoms with Gasteiger partial charge in [0.15, 0.2) is 0 Å². The Morgan fingerprint density at radius 1 is 1.12 bits per heavy atom. The summed E-state index contributed by atoms with van der Waals surface area (Å²) in [6, 6.07) is 9.84. The van der Waals surface area contributed by atoms with Gasteiger partial charge >= 0.3 is 0 Å². The van der Waals surface area contributed by atoms with Crippen LogP contribution >= 0.6 is 0 Å². The van der Waals surface area contributed by atoms with Gasteiger partial charge in [-0.05, 0) is 5.56 Å². The molecule has 1 unspecified atom stereocenters. The molecule has 88 valence electrons. The number of aromatic nitrogens is 2. The first-order valence-corrected chi connectivity index (χ1v) is 5.41. The number of nitrogens with zero attached hydrogens (tertiary/aromatic N) is 2. The van der Waals surface area contributed by atoms with Gasteiger partial charge < -0.3 is 9.84 Å². The summed E-state index contributed by atoms with van der Waals surface area (Å²) in [6.45, 7) is 0.730. The van der Waals surface area contributed by atoms with Crippen LogP contribution in [0.15, 0.2) is 49.1 Å². The minimum Gasteiger partial charge on any atom is -0.386 e. The van der Waals surface area contributed by atoms with Gasteiger partial charge in [-0.3, -0.25) is 0 Å². The summed E-state index contributed by atoms with van der Waals surface area (Å²) in [5.41, 5.74) is 1.75. The Balaban J connectivity index is 1.79. The molecule has 0 saturated carbocycles. The summed E-state index contributed by atoms with van der Waals surface area (Å²) < 4.78 is 5.43. The Kier molecular flexibility index (Phi) is 4.18. The van der Waals surface area contributed by atoms with Crippen LogP contribution in [0.3, 0.4) is 0 Å². The summed E-state index contributed by atoms with van der Waals surface area (Å²) in [5, 5.41) is 9.79. The third kappa shape index (κ3) is 3.62. The average Bonchev–Trinajstić information content (AvgIpc) is 2.41. The molecule has 0 aliphatic rings. The molecule has 1 aromatic carbocycles. The topological polar surface area (TPSA) is 55.2 Å². The van der Waals surface area contributed by atoms with Crippen molar-refractivity contribution in [2.75, 3.05) is 6.61 Å². The Hall–Kier alpha value is -1.78. The molecule has 0 aliphatic heterocycles. The third-order valence-electron chi connectivity index (χ3n) is 2.35. The molecule has 1 N–H and O–H groups in total. The predicted octanol–water partition coefficient (Wildman–Crippen LogP) is 1.73. The first kappa shape index (κ1) is 11.7. The molecule has 1 aromatic heterocycles. The van der Waals surface area contributed by atoms with Gasteiger partial charge in [-0.15, -0.1) is 0 Å². The lowest BCUT2D eigenvalue weighted by Gasteiger charge is -2.10. The highest BCUT2D eigenvalue weighted by Gasteiger charge is 2.07. The number of benzene rings is 1. The second-order valence-corrected chi connectivity index (χ2v) is 3.69. The largest absolute Gasteiger partial charge is 0.386 e. The zero-order valence-electron chi connectivity index (χ0n) is 9.36. The highest BCUT2D eigenvalue weighted by atomic mass is 16.5. The van der Waals surface area contributed by atoms with Gasteiger partial charge in [0, 0.05) is 18.0 Å². The Labute approximate surface area is 99.9 Å². The first-order valence-electron chi connectivity index (χ1n) is 5.41. The highest BCUT2D eigenvalue weighted by molar-refractivity contribution is 5.13. The monoisotopic (exact) mass is 230 g/mol. The van der Waals surface area contributed by atoms with Gasteiger partial charge in [-0.2, -0.15) is 0 Å². The van der Waals surface area contributed by atoms with Crippen LogP contribution in [0.5, 0.6) is 0 Å². The van der Waals surface area contributed by atoms with Gasteiger partial charge in [0.25, 0.3) is 0 Å². The summed E-state index contributed by atoms with van der Waals surface area (Å²) in [6.07, 6.45) is 3.92. The number of hydrogen-bond donors (Lipinski definition) is 1. The van der Waals surface area contributed by atoms with E-state index in [1.54, 1.807) is 12.4 Å². The Morgan fingerprint density at radius 3 is 2.53 bits per heavy atom. The smallest absolute Gasteiger partial charge is 0.115 e. The molecule has 17 heavy (non-hydrogen) atoms. The fourth-order valence-corrected chi connectivity index (χ4v) is 1.44. The maximum Gasteiger partial charge on any atom is 0.115 e. The van der Waals surface area contributed by atoms with Crippen LogP contribution in [-0.4, -0.2) is 21.7 Å². The molecule has 0 radical (unpaired) electrons. The van der Waals surface area contributed by atoms with E-state index in [0.717, 1.165) is 5.56 Å². The SMILES string of the molecule is OC(COCc1ccccc1)c1cncnc1. The van der Waals surface area contributed by atoms with Crippen molar-refractivity contribution in [2.24, 2.45) is 0 Å². The Morgan fingerprint density at radius 2 is 1.82 bits per heavy atom. The number of aliphatic hydroxyl groups is 1. The Bertz CT molecular complexity index is 434. The van der Waals surface area contributed by atoms with E-state index in [9.17, 15) is 5.11 Å². The van der Waals surface area contributed by atoms with E-state index >= 15 is 0 Å². The minimum absolute atomic E-state index is 0.238. The standard InChI is InChI=1S/C13H14N2O2/c16-13(12-6-14-10-15-7-12)9-17-8-11-4-2-1-3-5-11/h1-7,10,13,16H,8-9H2. The van der Waals surface area contributed by atoms with Crippen LogP contribution in [0.2, 0.25) is 0 Å².